The molecular formula is C14H13Br2NO. The fourth-order valence-corrected chi connectivity index (χ4v) is 2.37. The lowest BCUT2D eigenvalue weighted by molar-refractivity contribution is 0.471. The molecule has 2 N–H and O–H groups in total. The second-order valence-electron chi connectivity index (χ2n) is 4.10. The lowest BCUT2D eigenvalue weighted by Crippen LogP contribution is -1.99. The van der Waals surface area contributed by atoms with E-state index in [1.165, 1.54) is 5.56 Å². The monoisotopic (exact) mass is 369 g/mol. The minimum absolute atomic E-state index is 0.261. The van der Waals surface area contributed by atoms with Crippen LogP contribution in [0, 0.1) is 6.92 Å². The van der Waals surface area contributed by atoms with Crippen LogP contribution in [0.15, 0.2) is 45.3 Å². The molecule has 0 heterocycles. The van der Waals surface area contributed by atoms with Crippen LogP contribution in [-0.4, -0.2) is 5.11 Å². The lowest BCUT2D eigenvalue weighted by atomic mass is 10.2. The van der Waals surface area contributed by atoms with Crippen molar-refractivity contribution in [2.24, 2.45) is 0 Å². The van der Waals surface area contributed by atoms with Crippen LogP contribution < -0.4 is 5.32 Å². The summed E-state index contributed by atoms with van der Waals surface area (Å²) in [7, 11) is 0. The van der Waals surface area contributed by atoms with Crippen LogP contribution in [0.5, 0.6) is 5.75 Å². The third-order valence-corrected chi connectivity index (χ3v) is 4.17. The zero-order valence-corrected chi connectivity index (χ0v) is 13.0. The molecule has 0 spiro atoms. The molecule has 0 aliphatic rings. The Kier molecular flexibility index (Phi) is 4.30. The normalized spacial score (nSPS) is 10.4. The lowest BCUT2D eigenvalue weighted by Gasteiger charge is -2.09. The standard InChI is InChI=1S/C14H13Br2NO/c1-9-2-4-11(7-12(9)15)17-8-10-3-5-14(18)13(16)6-10/h2-7,17-18H,8H2,1H3. The Balaban J connectivity index is 2.06. The molecule has 0 saturated heterocycles. The number of benzene rings is 2. The summed E-state index contributed by atoms with van der Waals surface area (Å²) in [5.74, 6) is 0.261. The van der Waals surface area contributed by atoms with Gasteiger partial charge in [-0.2, -0.15) is 0 Å². The number of phenolic OH excluding ortho intramolecular Hbond substituents is 1. The van der Waals surface area contributed by atoms with E-state index in [1.54, 1.807) is 6.07 Å². The van der Waals surface area contributed by atoms with Crippen molar-refractivity contribution >= 4 is 37.5 Å². The quantitative estimate of drug-likeness (QED) is 0.810. The Labute approximate surface area is 123 Å². The SMILES string of the molecule is Cc1ccc(NCc2ccc(O)c(Br)c2)cc1Br. The van der Waals surface area contributed by atoms with Gasteiger partial charge in [-0.15, -0.1) is 0 Å². The van der Waals surface area contributed by atoms with Gasteiger partial charge >= 0.3 is 0 Å². The summed E-state index contributed by atoms with van der Waals surface area (Å²) in [6, 6.07) is 11.7. The molecule has 2 aromatic rings. The van der Waals surface area contributed by atoms with Crippen molar-refractivity contribution in [3.05, 3.63) is 56.5 Å². The van der Waals surface area contributed by atoms with Crippen LogP contribution in [0.2, 0.25) is 0 Å². The minimum Gasteiger partial charge on any atom is -0.507 e. The Morgan fingerprint density at radius 2 is 1.83 bits per heavy atom. The van der Waals surface area contributed by atoms with Crippen molar-refractivity contribution in [1.82, 2.24) is 0 Å². The van der Waals surface area contributed by atoms with Gasteiger partial charge in [0.25, 0.3) is 0 Å². The van der Waals surface area contributed by atoms with E-state index >= 15 is 0 Å². The van der Waals surface area contributed by atoms with E-state index in [0.717, 1.165) is 15.7 Å². The van der Waals surface area contributed by atoms with Crippen LogP contribution >= 0.6 is 31.9 Å². The summed E-state index contributed by atoms with van der Waals surface area (Å²) < 4.78 is 1.81. The van der Waals surface area contributed by atoms with Crippen LogP contribution in [0.25, 0.3) is 0 Å². The van der Waals surface area contributed by atoms with Crippen molar-refractivity contribution in [2.45, 2.75) is 13.5 Å². The Morgan fingerprint density at radius 3 is 2.50 bits per heavy atom. The van der Waals surface area contributed by atoms with Crippen molar-refractivity contribution < 1.29 is 5.11 Å². The van der Waals surface area contributed by atoms with Crippen LogP contribution in [-0.2, 0) is 6.54 Å². The highest BCUT2D eigenvalue weighted by molar-refractivity contribution is 9.10. The predicted octanol–water partition coefficient (Wildman–Crippen LogP) is 4.84. The molecule has 2 nitrogen and oxygen atoms in total. The van der Waals surface area contributed by atoms with Gasteiger partial charge in [-0.25, -0.2) is 0 Å². The number of nitrogens with one attached hydrogen (secondary N) is 1. The van der Waals surface area contributed by atoms with Gasteiger partial charge in [-0.05, 0) is 58.2 Å². The summed E-state index contributed by atoms with van der Waals surface area (Å²) in [5.41, 5.74) is 3.39. The van der Waals surface area contributed by atoms with Crippen LogP contribution in [0.3, 0.4) is 0 Å². The first-order valence-electron chi connectivity index (χ1n) is 5.53. The summed E-state index contributed by atoms with van der Waals surface area (Å²) in [6.07, 6.45) is 0. The van der Waals surface area contributed by atoms with E-state index in [0.29, 0.717) is 11.0 Å². The number of aryl methyl sites for hydroxylation is 1. The molecule has 4 heteroatoms. The van der Waals surface area contributed by atoms with Crippen molar-refractivity contribution in [3.63, 3.8) is 0 Å². The van der Waals surface area contributed by atoms with Gasteiger partial charge in [-0.1, -0.05) is 28.1 Å². The average Bonchev–Trinajstić information content (AvgIpc) is 2.35. The second-order valence-corrected chi connectivity index (χ2v) is 5.81. The van der Waals surface area contributed by atoms with Gasteiger partial charge in [0.05, 0.1) is 4.47 Å². The van der Waals surface area contributed by atoms with E-state index in [4.69, 9.17) is 0 Å². The van der Waals surface area contributed by atoms with Gasteiger partial charge in [0.1, 0.15) is 5.75 Å². The first-order valence-corrected chi connectivity index (χ1v) is 7.12. The highest BCUT2D eigenvalue weighted by Crippen LogP contribution is 2.25. The zero-order valence-electron chi connectivity index (χ0n) is 9.87. The molecular weight excluding hydrogens is 358 g/mol. The summed E-state index contributed by atoms with van der Waals surface area (Å²) in [4.78, 5) is 0. The van der Waals surface area contributed by atoms with E-state index in [-0.39, 0.29) is 5.75 Å². The number of rotatable bonds is 3. The number of aromatic hydroxyl groups is 1. The smallest absolute Gasteiger partial charge is 0.129 e. The first-order chi connectivity index (χ1) is 8.56. The zero-order chi connectivity index (χ0) is 13.1. The van der Waals surface area contributed by atoms with E-state index in [1.807, 2.05) is 12.1 Å². The molecule has 18 heavy (non-hydrogen) atoms. The predicted molar refractivity (Wildman–Crippen MR) is 82.0 cm³/mol. The van der Waals surface area contributed by atoms with Gasteiger partial charge in [0, 0.05) is 16.7 Å². The number of phenols is 1. The molecule has 0 aliphatic heterocycles. The molecule has 0 amide bonds. The van der Waals surface area contributed by atoms with Crippen LogP contribution in [0.1, 0.15) is 11.1 Å². The molecule has 0 radical (unpaired) electrons. The van der Waals surface area contributed by atoms with Crippen molar-refractivity contribution in [1.29, 1.82) is 0 Å². The van der Waals surface area contributed by atoms with Gasteiger partial charge in [0.15, 0.2) is 0 Å². The molecule has 94 valence electrons. The fourth-order valence-electron chi connectivity index (χ4n) is 1.57. The Bertz CT molecular complexity index is 518. The van der Waals surface area contributed by atoms with E-state index in [2.05, 4.69) is 62.3 Å². The highest BCUT2D eigenvalue weighted by Gasteiger charge is 2.01. The Hall–Kier alpha value is -1.000. The maximum Gasteiger partial charge on any atom is 0.129 e. The maximum atomic E-state index is 9.42. The molecule has 0 unspecified atom stereocenters. The first kappa shape index (κ1) is 13.4. The maximum absolute atomic E-state index is 9.42. The number of hydrogen-bond acceptors (Lipinski definition) is 2. The molecule has 0 aromatic heterocycles. The summed E-state index contributed by atoms with van der Waals surface area (Å²) >= 11 is 6.82. The van der Waals surface area contributed by atoms with Crippen molar-refractivity contribution in [2.75, 3.05) is 5.32 Å². The Morgan fingerprint density at radius 1 is 1.06 bits per heavy atom. The highest BCUT2D eigenvalue weighted by atomic mass is 79.9. The molecule has 0 bridgehead atoms. The molecule has 2 rings (SSSR count). The fraction of sp³-hybridized carbons (Fsp3) is 0.143. The number of hydrogen-bond donors (Lipinski definition) is 2. The van der Waals surface area contributed by atoms with Crippen molar-refractivity contribution in [3.8, 4) is 5.75 Å². The number of halogens is 2. The van der Waals surface area contributed by atoms with E-state index < -0.39 is 0 Å². The van der Waals surface area contributed by atoms with Gasteiger partial charge < -0.3 is 10.4 Å². The molecule has 0 atom stereocenters. The molecule has 0 fully saturated rings. The molecule has 2 aromatic carbocycles. The molecule has 0 aliphatic carbocycles. The second kappa shape index (κ2) is 5.76. The van der Waals surface area contributed by atoms with Crippen LogP contribution in [0.4, 0.5) is 5.69 Å². The largest absolute Gasteiger partial charge is 0.507 e. The van der Waals surface area contributed by atoms with E-state index in [9.17, 15) is 5.11 Å². The third kappa shape index (κ3) is 3.27. The average molecular weight is 371 g/mol. The van der Waals surface area contributed by atoms with Gasteiger partial charge in [0.2, 0.25) is 0 Å². The van der Waals surface area contributed by atoms with Gasteiger partial charge in [-0.3, -0.25) is 0 Å². The summed E-state index contributed by atoms with van der Waals surface area (Å²) in [6.45, 7) is 2.78. The number of anilines is 1. The molecule has 0 saturated carbocycles. The minimum atomic E-state index is 0.261. The summed E-state index contributed by atoms with van der Waals surface area (Å²) in [5, 5.41) is 12.8. The topological polar surface area (TPSA) is 32.3 Å². The third-order valence-electron chi connectivity index (χ3n) is 2.68.